The molecule has 0 saturated carbocycles. The molecular weight excluding hydrogens is 296 g/mol. The number of methoxy groups -OCH3 is 1. The number of ether oxygens (including phenoxy) is 1. The lowest BCUT2D eigenvalue weighted by Crippen LogP contribution is -2.45. The summed E-state index contributed by atoms with van der Waals surface area (Å²) in [6, 6.07) is 13.9. The first-order valence-corrected chi connectivity index (χ1v) is 9.34. The molecule has 0 aliphatic carbocycles. The van der Waals surface area contributed by atoms with E-state index in [1.54, 1.807) is 7.11 Å². The number of benzene rings is 2. The summed E-state index contributed by atoms with van der Waals surface area (Å²) in [5, 5.41) is 6.04. The van der Waals surface area contributed by atoms with Crippen molar-refractivity contribution in [2.75, 3.05) is 33.3 Å². The molecule has 3 rings (SSSR count). The van der Waals surface area contributed by atoms with Crippen LogP contribution in [0.3, 0.4) is 0 Å². The Balaban J connectivity index is 1.85. The third-order valence-corrected chi connectivity index (χ3v) is 5.13. The van der Waals surface area contributed by atoms with Crippen molar-refractivity contribution >= 4 is 10.8 Å². The van der Waals surface area contributed by atoms with Crippen molar-refractivity contribution in [2.24, 2.45) is 0 Å². The summed E-state index contributed by atoms with van der Waals surface area (Å²) in [7, 11) is 1.73. The molecule has 2 aromatic carbocycles. The molecule has 3 nitrogen and oxygen atoms in total. The SMILES string of the molecule is CCCCC[C@H](c1ccc2cc(OC)ccc2c1)N1CCNCC1. The van der Waals surface area contributed by atoms with E-state index in [1.165, 1.54) is 42.0 Å². The zero-order valence-corrected chi connectivity index (χ0v) is 15.1. The summed E-state index contributed by atoms with van der Waals surface area (Å²) in [5.41, 5.74) is 1.46. The van der Waals surface area contributed by atoms with E-state index < -0.39 is 0 Å². The van der Waals surface area contributed by atoms with Gasteiger partial charge in [0.2, 0.25) is 0 Å². The minimum atomic E-state index is 0.546. The number of unbranched alkanes of at least 4 members (excludes halogenated alkanes) is 2. The molecule has 1 aliphatic rings. The van der Waals surface area contributed by atoms with E-state index in [9.17, 15) is 0 Å². The van der Waals surface area contributed by atoms with Gasteiger partial charge in [-0.05, 0) is 41.0 Å². The van der Waals surface area contributed by atoms with Crippen molar-refractivity contribution in [3.05, 3.63) is 42.0 Å². The van der Waals surface area contributed by atoms with Gasteiger partial charge in [0, 0.05) is 32.2 Å². The van der Waals surface area contributed by atoms with Gasteiger partial charge in [-0.15, -0.1) is 0 Å². The molecule has 0 unspecified atom stereocenters. The molecule has 1 fully saturated rings. The van der Waals surface area contributed by atoms with E-state index in [0.29, 0.717) is 6.04 Å². The average molecular weight is 326 g/mol. The maximum atomic E-state index is 5.35. The van der Waals surface area contributed by atoms with Gasteiger partial charge >= 0.3 is 0 Å². The van der Waals surface area contributed by atoms with Gasteiger partial charge in [-0.2, -0.15) is 0 Å². The second-order valence-electron chi connectivity index (χ2n) is 6.77. The largest absolute Gasteiger partial charge is 0.497 e. The van der Waals surface area contributed by atoms with E-state index in [4.69, 9.17) is 4.74 Å². The maximum Gasteiger partial charge on any atom is 0.119 e. The third-order valence-electron chi connectivity index (χ3n) is 5.13. The second-order valence-corrected chi connectivity index (χ2v) is 6.77. The van der Waals surface area contributed by atoms with Crippen molar-refractivity contribution in [1.82, 2.24) is 10.2 Å². The van der Waals surface area contributed by atoms with Crippen LogP contribution in [0, 0.1) is 0 Å². The van der Waals surface area contributed by atoms with E-state index in [2.05, 4.69) is 53.5 Å². The van der Waals surface area contributed by atoms with E-state index in [0.717, 1.165) is 31.9 Å². The molecule has 0 radical (unpaired) electrons. The lowest BCUT2D eigenvalue weighted by molar-refractivity contribution is 0.163. The molecule has 3 heteroatoms. The molecule has 1 heterocycles. The highest BCUT2D eigenvalue weighted by molar-refractivity contribution is 5.84. The first-order valence-electron chi connectivity index (χ1n) is 9.34. The molecule has 1 atom stereocenters. The maximum absolute atomic E-state index is 5.35. The fourth-order valence-corrected chi connectivity index (χ4v) is 3.72. The summed E-state index contributed by atoms with van der Waals surface area (Å²) in [6.45, 7) is 6.79. The lowest BCUT2D eigenvalue weighted by atomic mass is 9.95. The molecular formula is C21H30N2O. The van der Waals surface area contributed by atoms with Gasteiger partial charge in [-0.1, -0.05) is 44.4 Å². The molecule has 0 amide bonds. The summed E-state index contributed by atoms with van der Waals surface area (Å²) in [6.07, 6.45) is 5.18. The molecule has 0 aromatic heterocycles. The zero-order valence-electron chi connectivity index (χ0n) is 15.1. The van der Waals surface area contributed by atoms with Crippen molar-refractivity contribution < 1.29 is 4.74 Å². The first-order chi connectivity index (χ1) is 11.8. The summed E-state index contributed by atoms with van der Waals surface area (Å²) >= 11 is 0. The van der Waals surface area contributed by atoms with Crippen LogP contribution >= 0.6 is 0 Å². The summed E-state index contributed by atoms with van der Waals surface area (Å²) < 4.78 is 5.35. The van der Waals surface area contributed by atoms with Gasteiger partial charge in [0.15, 0.2) is 0 Å². The van der Waals surface area contributed by atoms with Gasteiger partial charge in [0.25, 0.3) is 0 Å². The predicted molar refractivity (Wildman–Crippen MR) is 102 cm³/mol. The van der Waals surface area contributed by atoms with Crippen LogP contribution in [0.25, 0.3) is 10.8 Å². The van der Waals surface area contributed by atoms with Crippen LogP contribution in [0.1, 0.15) is 44.2 Å². The second kappa shape index (κ2) is 8.50. The monoisotopic (exact) mass is 326 g/mol. The third kappa shape index (κ3) is 4.08. The van der Waals surface area contributed by atoms with Crippen molar-refractivity contribution in [3.8, 4) is 5.75 Å². The lowest BCUT2D eigenvalue weighted by Gasteiger charge is -2.35. The van der Waals surface area contributed by atoms with Gasteiger partial charge < -0.3 is 10.1 Å². The average Bonchev–Trinajstić information content (AvgIpc) is 2.65. The number of piperazine rings is 1. The van der Waals surface area contributed by atoms with Crippen LogP contribution in [0.5, 0.6) is 5.75 Å². The van der Waals surface area contributed by atoms with Crippen LogP contribution in [0.4, 0.5) is 0 Å². The van der Waals surface area contributed by atoms with Crippen LogP contribution in [0.15, 0.2) is 36.4 Å². The Kier molecular flexibility index (Phi) is 6.11. The Labute approximate surface area is 146 Å². The molecule has 1 saturated heterocycles. The Morgan fingerprint density at radius 3 is 2.54 bits per heavy atom. The van der Waals surface area contributed by atoms with E-state index >= 15 is 0 Å². The molecule has 1 aliphatic heterocycles. The first kappa shape index (κ1) is 17.2. The van der Waals surface area contributed by atoms with E-state index in [1.807, 2.05) is 0 Å². The molecule has 24 heavy (non-hydrogen) atoms. The number of hydrogen-bond acceptors (Lipinski definition) is 3. The number of nitrogens with one attached hydrogen (secondary N) is 1. The fourth-order valence-electron chi connectivity index (χ4n) is 3.72. The topological polar surface area (TPSA) is 24.5 Å². The smallest absolute Gasteiger partial charge is 0.119 e. The molecule has 2 aromatic rings. The zero-order chi connectivity index (χ0) is 16.8. The minimum Gasteiger partial charge on any atom is -0.497 e. The minimum absolute atomic E-state index is 0.546. The normalized spacial score (nSPS) is 17.1. The van der Waals surface area contributed by atoms with Crippen molar-refractivity contribution in [1.29, 1.82) is 0 Å². The van der Waals surface area contributed by atoms with Gasteiger partial charge in [-0.3, -0.25) is 4.90 Å². The number of nitrogens with zero attached hydrogens (tertiary/aromatic N) is 1. The number of rotatable bonds is 7. The predicted octanol–water partition coefficient (Wildman–Crippen LogP) is 4.38. The van der Waals surface area contributed by atoms with Crippen LogP contribution < -0.4 is 10.1 Å². The highest BCUT2D eigenvalue weighted by Crippen LogP contribution is 2.30. The Hall–Kier alpha value is -1.58. The van der Waals surface area contributed by atoms with Crippen LogP contribution in [0.2, 0.25) is 0 Å². The van der Waals surface area contributed by atoms with E-state index in [-0.39, 0.29) is 0 Å². The highest BCUT2D eigenvalue weighted by atomic mass is 16.5. The Morgan fingerprint density at radius 2 is 1.79 bits per heavy atom. The van der Waals surface area contributed by atoms with Gasteiger partial charge in [0.05, 0.1) is 7.11 Å². The van der Waals surface area contributed by atoms with Gasteiger partial charge in [-0.25, -0.2) is 0 Å². The van der Waals surface area contributed by atoms with Crippen molar-refractivity contribution in [2.45, 2.75) is 38.6 Å². The number of fused-ring (bicyclic) bond motifs is 1. The molecule has 1 N–H and O–H groups in total. The molecule has 130 valence electrons. The summed E-state index contributed by atoms with van der Waals surface area (Å²) in [4.78, 5) is 2.66. The summed E-state index contributed by atoms with van der Waals surface area (Å²) in [5.74, 6) is 0.928. The van der Waals surface area contributed by atoms with Gasteiger partial charge in [0.1, 0.15) is 5.75 Å². The van der Waals surface area contributed by atoms with Crippen molar-refractivity contribution in [3.63, 3.8) is 0 Å². The Morgan fingerprint density at radius 1 is 1.04 bits per heavy atom. The quantitative estimate of drug-likeness (QED) is 0.764. The molecule has 0 bridgehead atoms. The van der Waals surface area contributed by atoms with Crippen LogP contribution in [-0.4, -0.2) is 38.2 Å². The Bertz CT molecular complexity index is 649. The highest BCUT2D eigenvalue weighted by Gasteiger charge is 2.21. The van der Waals surface area contributed by atoms with Crippen LogP contribution in [-0.2, 0) is 0 Å². The standard InChI is InChI=1S/C21H30N2O/c1-3-4-5-6-21(23-13-11-22-12-14-23)19-8-7-18-16-20(24-2)10-9-17(18)15-19/h7-10,15-16,21-22H,3-6,11-14H2,1-2H3/t21-/m1/s1. The molecule has 0 spiro atoms. The fraction of sp³-hybridized carbons (Fsp3) is 0.524. The number of hydrogen-bond donors (Lipinski definition) is 1.